The Morgan fingerprint density at radius 2 is 0.591 bits per heavy atom. The highest BCUT2D eigenvalue weighted by Crippen LogP contribution is 2.64. The molecule has 0 bridgehead atoms. The molecule has 23 aromatic rings. The minimum Gasteiger partial charge on any atom is -0.457 e. The molecule has 0 fully saturated rings. The second-order valence-corrected chi connectivity index (χ2v) is 33.1. The Labute approximate surface area is 794 Å². The van der Waals surface area contributed by atoms with E-state index in [1.807, 2.05) is 121 Å². The molecule has 2 aliphatic rings. The highest BCUT2D eigenvalue weighted by Gasteiger charge is 2.51. The zero-order valence-electron chi connectivity index (χ0n) is 72.8. The number of ether oxygens (including phenoxy) is 1. The molecular formula is C124H86N12O. The fraction of sp³-hybridized carbons (Fsp3) is 0.0242. The standard InChI is InChI=1S/C47H31N3O.C40H25N5.C35H22N4.2CH4/c1-2-18-35(34(17-1)32-15-13-16-33(31-32)46-48-29-14-30-49-46)36-19-3-8-24-41(36)50-42-25-9-4-20-37(42)47(38-21-5-10-26-43(38)50)39-22-6-11-27-44(39)51-45-28-12-7-23-40(45)47;41-26-27-23-24-37(45-35-21-11-9-18-31(35)32-19-10-12-22-36(32)45)34(25-27)30-17-7-8-20-33(30)40-43-38(28-13-3-1-4-14-28)42-39(44-40)29-15-5-2-6-16-29;36-23-25-22-24(18-19-27(25)35-37-20-9-21-38-35)26-10-1-2-11-28(26)29-12-3-6-15-32(29)39-33-16-7-4-13-30(33)31-14-5-8-17-34(31)39;;/h1-31H;1-25H;1-22H;2*1H4. The highest BCUT2D eigenvalue weighted by molar-refractivity contribution is 6.12. The van der Waals surface area contributed by atoms with Crippen LogP contribution in [0.5, 0.6) is 11.5 Å². The van der Waals surface area contributed by atoms with Crippen LogP contribution in [0.25, 0.3) is 168 Å². The summed E-state index contributed by atoms with van der Waals surface area (Å²) in [6, 6.07) is 160. The quantitative estimate of drug-likeness (QED) is 0.108. The summed E-state index contributed by atoms with van der Waals surface area (Å²) in [4.78, 5) is 35.1. The number of rotatable bonds is 13. The number of benzene rings is 18. The van der Waals surface area contributed by atoms with E-state index in [9.17, 15) is 10.5 Å². The molecular weight excluding hydrogens is 1670 g/mol. The van der Waals surface area contributed by atoms with Gasteiger partial charge in [-0.1, -0.05) is 355 Å². The third-order valence-electron chi connectivity index (χ3n) is 25.6. The van der Waals surface area contributed by atoms with Gasteiger partial charge in [-0.05, 0) is 159 Å². The van der Waals surface area contributed by atoms with Crippen molar-refractivity contribution in [1.82, 2.24) is 44.0 Å². The van der Waals surface area contributed by atoms with Crippen molar-refractivity contribution in [2.45, 2.75) is 20.3 Å². The fourth-order valence-electron chi connectivity index (χ4n) is 19.7. The zero-order valence-corrected chi connectivity index (χ0v) is 72.8. The summed E-state index contributed by atoms with van der Waals surface area (Å²) in [5, 5.41) is 24.8. The first kappa shape index (κ1) is 85.1. The number of anilines is 3. The van der Waals surface area contributed by atoms with Crippen LogP contribution >= 0.6 is 0 Å². The van der Waals surface area contributed by atoms with Gasteiger partial charge in [-0.2, -0.15) is 10.5 Å². The summed E-state index contributed by atoms with van der Waals surface area (Å²) in [5.41, 5.74) is 30.3. The van der Waals surface area contributed by atoms with Crippen LogP contribution in [-0.4, -0.2) is 44.0 Å². The minimum atomic E-state index is -0.581. The molecule has 2 aliphatic heterocycles. The van der Waals surface area contributed by atoms with Crippen LogP contribution in [0.15, 0.2) is 474 Å². The Hall–Kier alpha value is -18.7. The van der Waals surface area contributed by atoms with Crippen molar-refractivity contribution in [3.8, 4) is 148 Å². The van der Waals surface area contributed by atoms with Crippen molar-refractivity contribution in [2.24, 2.45) is 0 Å². The molecule has 0 aliphatic carbocycles. The molecule has 648 valence electrons. The Morgan fingerprint density at radius 3 is 1.09 bits per heavy atom. The van der Waals surface area contributed by atoms with Crippen molar-refractivity contribution in [2.75, 3.05) is 4.90 Å². The van der Waals surface area contributed by atoms with Gasteiger partial charge in [0, 0.05) is 102 Å². The van der Waals surface area contributed by atoms with E-state index in [1.54, 1.807) is 30.9 Å². The normalized spacial score (nSPS) is 11.8. The number of aromatic nitrogens is 9. The van der Waals surface area contributed by atoms with E-state index < -0.39 is 5.41 Å². The van der Waals surface area contributed by atoms with E-state index in [-0.39, 0.29) is 14.9 Å². The zero-order chi connectivity index (χ0) is 90.1. The van der Waals surface area contributed by atoms with Gasteiger partial charge >= 0.3 is 0 Å². The number of hydrogen-bond donors (Lipinski definition) is 0. The van der Waals surface area contributed by atoms with Gasteiger partial charge in [0.15, 0.2) is 29.1 Å². The van der Waals surface area contributed by atoms with Crippen LogP contribution in [-0.2, 0) is 5.41 Å². The first-order valence-corrected chi connectivity index (χ1v) is 44.8. The SMILES string of the molecule is C.C.N#Cc1cc(-c2ccccc2-c2ccccc2-n2c3ccccc3c3ccccc32)ccc1-c1ncccn1.N#Cc1ccc(-n2c3ccccc3c3ccccc32)c(-c2ccccc2-c2nc(-c3ccccc3)nc(-c3ccccc3)n2)c1.c1cnc(-c2cccc(-c3ccccc3-c3ccccc3N3c4ccccc4C4(c5ccccc5Oc5ccccc54)c4ccccc43)c2)nc1. The lowest BCUT2D eigenvalue weighted by Crippen LogP contribution is -2.39. The van der Waals surface area contributed by atoms with Crippen LogP contribution in [0.2, 0.25) is 0 Å². The smallest absolute Gasteiger partial charge is 0.164 e. The first-order valence-electron chi connectivity index (χ1n) is 44.8. The minimum absolute atomic E-state index is 0. The van der Waals surface area contributed by atoms with E-state index in [4.69, 9.17) is 19.7 Å². The summed E-state index contributed by atoms with van der Waals surface area (Å²) in [6.45, 7) is 0. The molecule has 0 unspecified atom stereocenters. The fourth-order valence-corrected chi connectivity index (χ4v) is 19.7. The van der Waals surface area contributed by atoms with Gasteiger partial charge in [0.05, 0.1) is 79.2 Å². The van der Waals surface area contributed by atoms with E-state index >= 15 is 0 Å². The summed E-state index contributed by atoms with van der Waals surface area (Å²) in [6.07, 6.45) is 6.96. The molecule has 0 saturated carbocycles. The number of hydrogen-bond acceptors (Lipinski definition) is 11. The van der Waals surface area contributed by atoms with E-state index in [0.717, 1.165) is 146 Å². The van der Waals surface area contributed by atoms with Gasteiger partial charge < -0.3 is 18.8 Å². The van der Waals surface area contributed by atoms with Gasteiger partial charge in [-0.25, -0.2) is 34.9 Å². The molecule has 0 saturated heterocycles. The molecule has 13 nitrogen and oxygen atoms in total. The maximum absolute atomic E-state index is 10.00. The molecule has 0 atom stereocenters. The van der Waals surface area contributed by atoms with Gasteiger partial charge in [0.1, 0.15) is 11.5 Å². The average molecular weight is 1760 g/mol. The largest absolute Gasteiger partial charge is 0.457 e. The highest BCUT2D eigenvalue weighted by atomic mass is 16.5. The summed E-state index contributed by atoms with van der Waals surface area (Å²) >= 11 is 0. The maximum Gasteiger partial charge on any atom is 0.164 e. The lowest BCUT2D eigenvalue weighted by molar-refractivity contribution is 0.434. The number of nitrogens with zero attached hydrogens (tertiary/aromatic N) is 12. The molecule has 0 amide bonds. The lowest BCUT2D eigenvalue weighted by Gasteiger charge is -2.48. The van der Waals surface area contributed by atoms with Crippen molar-refractivity contribution in [1.29, 1.82) is 10.5 Å². The van der Waals surface area contributed by atoms with Crippen LogP contribution in [0, 0.1) is 22.7 Å². The van der Waals surface area contributed by atoms with Crippen LogP contribution in [0.4, 0.5) is 17.1 Å². The van der Waals surface area contributed by atoms with Gasteiger partial charge in [-0.15, -0.1) is 0 Å². The molecule has 5 aromatic heterocycles. The molecule has 25 rings (SSSR count). The van der Waals surface area contributed by atoms with E-state index in [2.05, 4.69) is 368 Å². The summed E-state index contributed by atoms with van der Waals surface area (Å²) in [7, 11) is 0. The number of fused-ring (bicyclic) bond motifs is 14. The molecule has 18 aromatic carbocycles. The Bertz CT molecular complexity index is 8340. The molecule has 13 heteroatoms. The summed E-state index contributed by atoms with van der Waals surface area (Å²) in [5.74, 6) is 4.78. The molecule has 0 N–H and O–H groups in total. The van der Waals surface area contributed by atoms with Crippen molar-refractivity contribution in [3.63, 3.8) is 0 Å². The second kappa shape index (κ2) is 36.9. The van der Waals surface area contributed by atoms with Gasteiger partial charge in [0.25, 0.3) is 0 Å². The first-order chi connectivity index (χ1) is 66.9. The second-order valence-electron chi connectivity index (χ2n) is 33.1. The van der Waals surface area contributed by atoms with Crippen LogP contribution in [0.1, 0.15) is 48.2 Å². The topological polar surface area (TPSA) is 160 Å². The number of para-hydroxylation sites is 10. The van der Waals surface area contributed by atoms with Crippen LogP contribution < -0.4 is 9.64 Å². The van der Waals surface area contributed by atoms with Crippen molar-refractivity contribution < 1.29 is 4.74 Å². The summed E-state index contributed by atoms with van der Waals surface area (Å²) < 4.78 is 11.2. The van der Waals surface area contributed by atoms with E-state index in [1.165, 1.54) is 43.7 Å². The predicted molar refractivity (Wildman–Crippen MR) is 556 cm³/mol. The van der Waals surface area contributed by atoms with Crippen LogP contribution in [0.3, 0.4) is 0 Å². The third-order valence-corrected chi connectivity index (χ3v) is 25.6. The Morgan fingerprint density at radius 1 is 0.226 bits per heavy atom. The molecule has 137 heavy (non-hydrogen) atoms. The predicted octanol–water partition coefficient (Wildman–Crippen LogP) is 31.0. The number of nitriles is 2. The Kier molecular flexibility index (Phi) is 22.9. The maximum atomic E-state index is 10.00. The third kappa shape index (κ3) is 15.2. The average Bonchev–Trinajstić information content (AvgIpc) is 1.31. The Balaban J connectivity index is 0.000000123. The molecule has 0 radical (unpaired) electrons. The van der Waals surface area contributed by atoms with Gasteiger partial charge in [0.2, 0.25) is 0 Å². The molecule has 7 heterocycles. The van der Waals surface area contributed by atoms with Crippen molar-refractivity contribution >= 4 is 60.7 Å². The molecule has 1 spiro atoms. The van der Waals surface area contributed by atoms with Gasteiger partial charge in [-0.3, -0.25) is 0 Å². The van der Waals surface area contributed by atoms with Crippen molar-refractivity contribution in [3.05, 3.63) is 507 Å². The monoisotopic (exact) mass is 1760 g/mol. The lowest BCUT2D eigenvalue weighted by atomic mass is 9.61. The van der Waals surface area contributed by atoms with E-state index in [0.29, 0.717) is 40.2 Å².